The van der Waals surface area contributed by atoms with Crippen molar-refractivity contribution in [2.45, 2.75) is 83.7 Å². The normalized spacial score (nSPS) is 33.1. The number of ketones is 2. The van der Waals surface area contributed by atoms with E-state index in [0.717, 1.165) is 54.8 Å². The monoisotopic (exact) mass is 607 g/mol. The lowest BCUT2D eigenvalue weighted by Gasteiger charge is -2.57. The molecular weight excluding hydrogens is 567 g/mol. The minimum absolute atomic E-state index is 0.0502. The van der Waals surface area contributed by atoms with Crippen molar-refractivity contribution in [3.8, 4) is 11.8 Å². The summed E-state index contributed by atoms with van der Waals surface area (Å²) in [5, 5.41) is 0. The van der Waals surface area contributed by atoms with Crippen LogP contribution in [0.4, 0.5) is 18.9 Å². The first-order valence-corrected chi connectivity index (χ1v) is 15.9. The van der Waals surface area contributed by atoms with Crippen LogP contribution in [0.15, 0.2) is 47.1 Å². The molecule has 5 aliphatic rings. The summed E-state index contributed by atoms with van der Waals surface area (Å²) in [6.45, 7) is 6.96. The third kappa shape index (κ3) is 5.31. The fourth-order valence-electron chi connectivity index (χ4n) is 9.44. The van der Waals surface area contributed by atoms with Crippen LogP contribution in [0.5, 0.6) is 0 Å². The van der Waals surface area contributed by atoms with Crippen LogP contribution in [0.3, 0.4) is 0 Å². The third-order valence-corrected chi connectivity index (χ3v) is 11.2. The van der Waals surface area contributed by atoms with Crippen LogP contribution < -0.4 is 4.90 Å². The molecule has 0 bridgehead atoms. The molecule has 5 nitrogen and oxygen atoms in total. The van der Waals surface area contributed by atoms with Gasteiger partial charge in [0.05, 0.1) is 5.41 Å². The Kier molecular flexibility index (Phi) is 7.83. The summed E-state index contributed by atoms with van der Waals surface area (Å²) in [5.41, 5.74) is 2.63. The van der Waals surface area contributed by atoms with Crippen molar-refractivity contribution >= 4 is 23.2 Å². The number of allylic oxidation sites excluding steroid dienone is 4. The third-order valence-electron chi connectivity index (χ3n) is 11.2. The minimum atomic E-state index is -4.70. The maximum absolute atomic E-state index is 14.0. The molecule has 3 fully saturated rings. The molecule has 4 aliphatic carbocycles. The summed E-state index contributed by atoms with van der Waals surface area (Å²) in [6.07, 6.45) is 2.31. The molecule has 1 saturated heterocycles. The summed E-state index contributed by atoms with van der Waals surface area (Å²) >= 11 is 0. The van der Waals surface area contributed by atoms with Gasteiger partial charge in [0.15, 0.2) is 11.6 Å². The quantitative estimate of drug-likeness (QED) is 0.269. The predicted molar refractivity (Wildman–Crippen MR) is 161 cm³/mol. The molecule has 0 N–H and O–H groups in total. The highest BCUT2D eigenvalue weighted by molar-refractivity contribution is 5.93. The summed E-state index contributed by atoms with van der Waals surface area (Å²) in [7, 11) is 0. The number of alkyl halides is 3. The zero-order valence-corrected chi connectivity index (χ0v) is 25.7. The number of ether oxygens (including phenoxy) is 1. The Balaban J connectivity index is 1.57. The minimum Gasteiger partial charge on any atom is -0.458 e. The smallest absolute Gasteiger partial charge is 0.457 e. The summed E-state index contributed by atoms with van der Waals surface area (Å²) in [4.78, 5) is 40.0. The highest BCUT2D eigenvalue weighted by Crippen LogP contribution is 2.68. The van der Waals surface area contributed by atoms with E-state index in [0.29, 0.717) is 31.2 Å². The van der Waals surface area contributed by atoms with E-state index in [4.69, 9.17) is 4.74 Å². The van der Waals surface area contributed by atoms with Crippen LogP contribution in [0.2, 0.25) is 0 Å². The lowest BCUT2D eigenvalue weighted by Crippen LogP contribution is -2.53. The molecule has 0 spiro atoms. The van der Waals surface area contributed by atoms with Crippen LogP contribution in [0, 0.1) is 40.9 Å². The van der Waals surface area contributed by atoms with Gasteiger partial charge in [0.25, 0.3) is 0 Å². The number of fused-ring (bicyclic) bond motifs is 4. The lowest BCUT2D eigenvalue weighted by molar-refractivity contribution is -0.148. The summed E-state index contributed by atoms with van der Waals surface area (Å²) < 4.78 is 47.2. The van der Waals surface area contributed by atoms with Crippen molar-refractivity contribution in [2.75, 3.05) is 24.6 Å². The van der Waals surface area contributed by atoms with Gasteiger partial charge >= 0.3 is 12.1 Å². The lowest BCUT2D eigenvalue weighted by atomic mass is 9.45. The van der Waals surface area contributed by atoms with Crippen LogP contribution in [-0.2, 0) is 24.5 Å². The van der Waals surface area contributed by atoms with E-state index in [1.165, 1.54) is 6.92 Å². The number of anilines is 1. The number of halogens is 3. The largest absolute Gasteiger partial charge is 0.458 e. The fourth-order valence-corrected chi connectivity index (χ4v) is 9.44. The molecule has 0 amide bonds. The van der Waals surface area contributed by atoms with Crippen molar-refractivity contribution in [3.63, 3.8) is 0 Å². The highest BCUT2D eigenvalue weighted by Gasteiger charge is 2.63. The molecule has 6 rings (SSSR count). The molecule has 44 heavy (non-hydrogen) atoms. The average molecular weight is 608 g/mol. The predicted octanol–water partition coefficient (Wildman–Crippen LogP) is 6.90. The maximum Gasteiger partial charge on any atom is 0.457 e. The van der Waals surface area contributed by atoms with Gasteiger partial charge in [0, 0.05) is 44.0 Å². The van der Waals surface area contributed by atoms with Gasteiger partial charge in [-0.1, -0.05) is 31.9 Å². The number of nitrogens with zero attached hydrogens (tertiary/aromatic N) is 1. The van der Waals surface area contributed by atoms with Crippen molar-refractivity contribution in [1.29, 1.82) is 0 Å². The SMILES string of the molecule is CC(=O)OCC(=O)[C@H]1CC[C@H]2[C@@H]3CC(C)C4=CC(=O)CCC4=C3[C@@](C#CC(F)(F)F)(c3ccc(N4CCCC4)cc3)C[C@]12C. The van der Waals surface area contributed by atoms with E-state index >= 15 is 0 Å². The number of carbonyl (C=O) groups excluding carboxylic acids is 3. The zero-order chi connectivity index (χ0) is 31.4. The number of Topliss-reactive ketones (excluding diaryl/α,β-unsaturated/α-hetero) is 1. The first-order valence-electron chi connectivity index (χ1n) is 15.9. The molecule has 0 aromatic heterocycles. The van der Waals surface area contributed by atoms with Crippen LogP contribution >= 0.6 is 0 Å². The Morgan fingerprint density at radius 2 is 1.80 bits per heavy atom. The first-order chi connectivity index (χ1) is 20.8. The van der Waals surface area contributed by atoms with Gasteiger partial charge in [0.1, 0.15) is 6.61 Å². The second kappa shape index (κ2) is 11.2. The molecule has 1 heterocycles. The van der Waals surface area contributed by atoms with E-state index < -0.39 is 28.9 Å². The Labute approximate surface area is 257 Å². The number of carbonyl (C=O) groups is 3. The van der Waals surface area contributed by atoms with Gasteiger partial charge in [-0.25, -0.2) is 0 Å². The molecule has 8 heteroatoms. The second-order valence-corrected chi connectivity index (χ2v) is 13.8. The summed E-state index contributed by atoms with van der Waals surface area (Å²) in [5.74, 6) is 3.42. The van der Waals surface area contributed by atoms with E-state index in [1.54, 1.807) is 12.0 Å². The molecule has 1 aromatic rings. The number of rotatable bonds is 5. The topological polar surface area (TPSA) is 63.7 Å². The van der Waals surface area contributed by atoms with Crippen LogP contribution in [0.25, 0.3) is 0 Å². The van der Waals surface area contributed by atoms with Gasteiger partial charge in [-0.05, 0) is 109 Å². The van der Waals surface area contributed by atoms with Crippen molar-refractivity contribution < 1.29 is 32.3 Å². The number of hydrogen-bond donors (Lipinski definition) is 0. The second-order valence-electron chi connectivity index (χ2n) is 13.8. The molecule has 2 saturated carbocycles. The molecule has 234 valence electrons. The van der Waals surface area contributed by atoms with Crippen LogP contribution in [-0.4, -0.2) is 43.4 Å². The average Bonchev–Trinajstić information content (AvgIpc) is 3.63. The van der Waals surface area contributed by atoms with Crippen LogP contribution in [0.1, 0.15) is 77.7 Å². The van der Waals surface area contributed by atoms with Gasteiger partial charge in [-0.15, -0.1) is 0 Å². The molecular formula is C36H40F3NO4. The Morgan fingerprint density at radius 1 is 1.09 bits per heavy atom. The fraction of sp³-hybridized carbons (Fsp3) is 0.583. The van der Waals surface area contributed by atoms with E-state index in [2.05, 4.69) is 17.7 Å². The Bertz CT molecular complexity index is 1490. The maximum atomic E-state index is 14.0. The number of esters is 1. The van der Waals surface area contributed by atoms with E-state index in [-0.39, 0.29) is 42.3 Å². The Morgan fingerprint density at radius 3 is 2.45 bits per heavy atom. The highest BCUT2D eigenvalue weighted by atomic mass is 19.4. The molecule has 0 radical (unpaired) electrons. The number of hydrogen-bond acceptors (Lipinski definition) is 5. The van der Waals surface area contributed by atoms with Crippen molar-refractivity contribution in [1.82, 2.24) is 0 Å². The molecule has 6 atom stereocenters. The van der Waals surface area contributed by atoms with Gasteiger partial charge in [-0.3, -0.25) is 14.4 Å². The first kappa shape index (κ1) is 30.7. The molecule has 1 aromatic carbocycles. The van der Waals surface area contributed by atoms with E-state index in [1.807, 2.05) is 31.2 Å². The summed E-state index contributed by atoms with van der Waals surface area (Å²) in [6, 6.07) is 7.87. The van der Waals surface area contributed by atoms with Crippen molar-refractivity contribution in [3.05, 3.63) is 52.6 Å². The van der Waals surface area contributed by atoms with Gasteiger partial charge in [0.2, 0.25) is 0 Å². The van der Waals surface area contributed by atoms with E-state index in [9.17, 15) is 27.6 Å². The molecule has 1 aliphatic heterocycles. The zero-order valence-electron chi connectivity index (χ0n) is 25.7. The Hall–Kier alpha value is -3.34. The van der Waals surface area contributed by atoms with Gasteiger partial charge in [-0.2, -0.15) is 13.2 Å². The van der Waals surface area contributed by atoms with Gasteiger partial charge < -0.3 is 9.64 Å². The standard InChI is InChI=1S/C36H40F3NO4/c1-22-18-29-30-12-13-31(32(43)20-44-23(2)41)34(30,3)21-35(14-15-36(37,38)39,33(29)27-11-10-26(42)19-28(22)27)24-6-8-25(9-7-24)40-16-4-5-17-40/h6-9,19,22,29-31H,4-5,10-13,16-18,20-21H2,1-3H3/t22?,29-,30-,31+,34-,35+/m0/s1. The molecule has 1 unspecified atom stereocenters. The van der Waals surface area contributed by atoms with Crippen molar-refractivity contribution in [2.24, 2.45) is 29.1 Å². The number of benzene rings is 1.